The molecule has 1 amide bonds. The summed E-state index contributed by atoms with van der Waals surface area (Å²) >= 11 is 5.48. The van der Waals surface area contributed by atoms with E-state index in [9.17, 15) is 18.0 Å². The first kappa shape index (κ1) is 14.6. The van der Waals surface area contributed by atoms with Gasteiger partial charge in [0.25, 0.3) is 5.91 Å². The van der Waals surface area contributed by atoms with Crippen LogP contribution < -0.4 is 10.6 Å². The zero-order chi connectivity index (χ0) is 15.2. The standard InChI is InChI=1S/C13H13ClF3N3O/c14-8-1-2-9(19-11(8)13(15,16)17)12(21)20-10-4-7-3-6(10)5-18-7/h1-2,6-7,10,18H,3-5H2,(H,20,21). The fourth-order valence-electron chi connectivity index (χ4n) is 3.02. The van der Waals surface area contributed by atoms with E-state index >= 15 is 0 Å². The lowest BCUT2D eigenvalue weighted by atomic mass is 10.0. The van der Waals surface area contributed by atoms with Crippen molar-refractivity contribution in [2.24, 2.45) is 5.92 Å². The van der Waals surface area contributed by atoms with Crippen LogP contribution in [0.2, 0.25) is 5.02 Å². The van der Waals surface area contributed by atoms with Gasteiger partial charge in [-0.1, -0.05) is 11.6 Å². The number of nitrogens with one attached hydrogen (secondary N) is 2. The Balaban J connectivity index is 1.76. The summed E-state index contributed by atoms with van der Waals surface area (Å²) in [4.78, 5) is 15.4. The molecule has 114 valence electrons. The molecule has 1 aromatic heterocycles. The lowest BCUT2D eigenvalue weighted by molar-refractivity contribution is -0.141. The molecule has 2 aliphatic rings. The third-order valence-electron chi connectivity index (χ3n) is 4.03. The Labute approximate surface area is 124 Å². The van der Waals surface area contributed by atoms with Crippen molar-refractivity contribution in [2.75, 3.05) is 6.54 Å². The Morgan fingerprint density at radius 1 is 1.38 bits per heavy atom. The number of aromatic nitrogens is 1. The summed E-state index contributed by atoms with van der Waals surface area (Å²) in [6.07, 6.45) is -2.88. The highest BCUT2D eigenvalue weighted by molar-refractivity contribution is 6.31. The summed E-state index contributed by atoms with van der Waals surface area (Å²) in [7, 11) is 0. The fourth-order valence-corrected chi connectivity index (χ4v) is 3.23. The minimum atomic E-state index is -4.68. The fraction of sp³-hybridized carbons (Fsp3) is 0.538. The van der Waals surface area contributed by atoms with Crippen LogP contribution in [-0.2, 0) is 6.18 Å². The first-order valence-electron chi connectivity index (χ1n) is 6.62. The number of carbonyl (C=O) groups is 1. The zero-order valence-electron chi connectivity index (χ0n) is 10.9. The Morgan fingerprint density at radius 2 is 2.14 bits per heavy atom. The van der Waals surface area contributed by atoms with E-state index < -0.39 is 22.8 Å². The van der Waals surface area contributed by atoms with E-state index in [1.165, 1.54) is 6.07 Å². The number of hydrogen-bond donors (Lipinski definition) is 2. The molecule has 0 aromatic carbocycles. The summed E-state index contributed by atoms with van der Waals surface area (Å²) in [6, 6.07) is 2.65. The van der Waals surface area contributed by atoms with Gasteiger partial charge >= 0.3 is 6.18 Å². The van der Waals surface area contributed by atoms with Gasteiger partial charge in [-0.2, -0.15) is 13.2 Å². The second-order valence-electron chi connectivity index (χ2n) is 5.44. The molecular weight excluding hydrogens is 307 g/mol. The molecule has 4 nitrogen and oxygen atoms in total. The number of carbonyl (C=O) groups excluding carboxylic acids is 1. The molecule has 0 radical (unpaired) electrons. The van der Waals surface area contributed by atoms with E-state index in [1.54, 1.807) is 0 Å². The number of nitrogens with zero attached hydrogens (tertiary/aromatic N) is 1. The molecule has 1 aliphatic heterocycles. The van der Waals surface area contributed by atoms with Gasteiger partial charge in [-0.3, -0.25) is 4.79 Å². The average Bonchev–Trinajstić information content (AvgIpc) is 3.00. The first-order valence-corrected chi connectivity index (χ1v) is 7.00. The Hall–Kier alpha value is -1.34. The second-order valence-corrected chi connectivity index (χ2v) is 5.85. The lowest BCUT2D eigenvalue weighted by Gasteiger charge is -2.23. The Morgan fingerprint density at radius 3 is 2.71 bits per heavy atom. The van der Waals surface area contributed by atoms with Gasteiger partial charge in [0.2, 0.25) is 0 Å². The monoisotopic (exact) mass is 319 g/mol. The molecule has 2 bridgehead atoms. The number of rotatable bonds is 2. The molecular formula is C13H13ClF3N3O. The van der Waals surface area contributed by atoms with Crippen molar-refractivity contribution in [1.82, 2.24) is 15.6 Å². The predicted molar refractivity (Wildman–Crippen MR) is 70.0 cm³/mol. The molecule has 1 saturated heterocycles. The molecule has 2 fully saturated rings. The van der Waals surface area contributed by atoms with Crippen LogP contribution in [0, 0.1) is 5.92 Å². The van der Waals surface area contributed by atoms with E-state index in [4.69, 9.17) is 11.6 Å². The minimum absolute atomic E-state index is 0.00411. The maximum atomic E-state index is 12.7. The van der Waals surface area contributed by atoms with Crippen molar-refractivity contribution in [2.45, 2.75) is 31.1 Å². The van der Waals surface area contributed by atoms with Crippen LogP contribution in [0.25, 0.3) is 0 Å². The largest absolute Gasteiger partial charge is 0.434 e. The van der Waals surface area contributed by atoms with Crippen molar-refractivity contribution in [3.63, 3.8) is 0 Å². The number of amides is 1. The van der Waals surface area contributed by atoms with Crippen LogP contribution in [-0.4, -0.2) is 29.5 Å². The maximum Gasteiger partial charge on any atom is 0.434 e. The van der Waals surface area contributed by atoms with Crippen LogP contribution in [0.15, 0.2) is 12.1 Å². The number of hydrogen-bond acceptors (Lipinski definition) is 3. The van der Waals surface area contributed by atoms with Crippen LogP contribution >= 0.6 is 11.6 Å². The maximum absolute atomic E-state index is 12.7. The summed E-state index contributed by atoms with van der Waals surface area (Å²) < 4.78 is 38.2. The van der Waals surface area contributed by atoms with Crippen molar-refractivity contribution < 1.29 is 18.0 Å². The molecule has 3 unspecified atom stereocenters. The quantitative estimate of drug-likeness (QED) is 0.879. The van der Waals surface area contributed by atoms with Gasteiger partial charge in [-0.25, -0.2) is 4.98 Å². The minimum Gasteiger partial charge on any atom is -0.348 e. The molecule has 0 spiro atoms. The highest BCUT2D eigenvalue weighted by Gasteiger charge is 2.40. The van der Waals surface area contributed by atoms with E-state index in [1.807, 2.05) is 0 Å². The second kappa shape index (κ2) is 5.14. The van der Waals surface area contributed by atoms with Gasteiger partial charge < -0.3 is 10.6 Å². The van der Waals surface area contributed by atoms with Crippen molar-refractivity contribution >= 4 is 17.5 Å². The molecule has 1 aliphatic carbocycles. The zero-order valence-corrected chi connectivity index (χ0v) is 11.6. The third kappa shape index (κ3) is 2.85. The summed E-state index contributed by atoms with van der Waals surface area (Å²) in [5.41, 5.74) is -1.49. The summed E-state index contributed by atoms with van der Waals surface area (Å²) in [6.45, 7) is 0.831. The van der Waals surface area contributed by atoms with Gasteiger partial charge in [0.05, 0.1) is 5.02 Å². The van der Waals surface area contributed by atoms with Gasteiger partial charge in [0.1, 0.15) is 5.69 Å². The highest BCUT2D eigenvalue weighted by Crippen LogP contribution is 2.34. The van der Waals surface area contributed by atoms with Gasteiger partial charge in [-0.15, -0.1) is 0 Å². The smallest absolute Gasteiger partial charge is 0.348 e. The predicted octanol–water partition coefficient (Wildman–Crippen LogP) is 2.23. The molecule has 3 rings (SSSR count). The molecule has 21 heavy (non-hydrogen) atoms. The lowest BCUT2D eigenvalue weighted by Crippen LogP contribution is -2.44. The molecule has 2 N–H and O–H groups in total. The van der Waals surface area contributed by atoms with Gasteiger partial charge in [0, 0.05) is 18.6 Å². The van der Waals surface area contributed by atoms with Crippen LogP contribution in [0.3, 0.4) is 0 Å². The van der Waals surface area contributed by atoms with E-state index in [0.717, 1.165) is 25.5 Å². The average molecular weight is 320 g/mol. The highest BCUT2D eigenvalue weighted by atomic mass is 35.5. The van der Waals surface area contributed by atoms with E-state index in [0.29, 0.717) is 12.0 Å². The van der Waals surface area contributed by atoms with Crippen molar-refractivity contribution in [1.29, 1.82) is 0 Å². The molecule has 3 atom stereocenters. The number of alkyl halides is 3. The number of pyridine rings is 1. The SMILES string of the molecule is O=C(NC1CC2CC1CN2)c1ccc(Cl)c(C(F)(F)F)n1. The number of piperidine rings is 1. The van der Waals surface area contributed by atoms with Gasteiger partial charge in [-0.05, 0) is 30.9 Å². The van der Waals surface area contributed by atoms with E-state index in [-0.39, 0.29) is 11.7 Å². The van der Waals surface area contributed by atoms with E-state index in [2.05, 4.69) is 15.6 Å². The van der Waals surface area contributed by atoms with Crippen LogP contribution in [0.5, 0.6) is 0 Å². The summed E-state index contributed by atoms with van der Waals surface area (Å²) in [5, 5.41) is 5.56. The number of fused-ring (bicyclic) bond motifs is 2. The van der Waals surface area contributed by atoms with Crippen LogP contribution in [0.4, 0.5) is 13.2 Å². The molecule has 1 saturated carbocycles. The first-order chi connectivity index (χ1) is 9.84. The van der Waals surface area contributed by atoms with Crippen molar-refractivity contribution in [3.8, 4) is 0 Å². The van der Waals surface area contributed by atoms with Gasteiger partial charge in [0.15, 0.2) is 5.69 Å². The molecule has 2 heterocycles. The Bertz CT molecular complexity index is 578. The topological polar surface area (TPSA) is 54.0 Å². The van der Waals surface area contributed by atoms with Crippen LogP contribution in [0.1, 0.15) is 29.0 Å². The van der Waals surface area contributed by atoms with Crippen molar-refractivity contribution in [3.05, 3.63) is 28.5 Å². The normalized spacial score (nSPS) is 27.9. The molecule has 8 heteroatoms. The summed E-state index contributed by atoms with van der Waals surface area (Å²) in [5.74, 6) is -0.247. The number of halogens is 4. The molecule has 1 aromatic rings. The third-order valence-corrected chi connectivity index (χ3v) is 4.33. The Kier molecular flexibility index (Phi) is 3.57.